The maximum atomic E-state index is 5.94. The van der Waals surface area contributed by atoms with Gasteiger partial charge in [0.25, 0.3) is 0 Å². The first-order valence-electron chi connectivity index (χ1n) is 6.27. The molecular weight excluding hydrogens is 254 g/mol. The van der Waals surface area contributed by atoms with Crippen LogP contribution in [0.5, 0.6) is 0 Å². The standard InChI is InChI=1S/C17H14ClN/c1-11-5-3-6-13-7-4-8-14(17(11)13)15-10-19-16(18)9-12(15)2/h3-10H,1-2H3. The molecule has 0 unspecified atom stereocenters. The van der Waals surface area contributed by atoms with Gasteiger partial charge in [-0.15, -0.1) is 0 Å². The van der Waals surface area contributed by atoms with Gasteiger partial charge in [0.05, 0.1) is 0 Å². The summed E-state index contributed by atoms with van der Waals surface area (Å²) in [5, 5.41) is 3.09. The Labute approximate surface area is 117 Å². The molecule has 0 atom stereocenters. The van der Waals surface area contributed by atoms with Crippen LogP contribution in [0, 0.1) is 13.8 Å². The number of halogens is 1. The van der Waals surface area contributed by atoms with Gasteiger partial charge in [-0.25, -0.2) is 4.98 Å². The van der Waals surface area contributed by atoms with Crippen molar-refractivity contribution in [2.45, 2.75) is 13.8 Å². The van der Waals surface area contributed by atoms with Crippen LogP contribution in [0.4, 0.5) is 0 Å². The summed E-state index contributed by atoms with van der Waals surface area (Å²) in [7, 11) is 0. The van der Waals surface area contributed by atoms with Gasteiger partial charge >= 0.3 is 0 Å². The highest BCUT2D eigenvalue weighted by Gasteiger charge is 2.09. The Morgan fingerprint density at radius 3 is 2.37 bits per heavy atom. The summed E-state index contributed by atoms with van der Waals surface area (Å²) in [5.74, 6) is 0. The fourth-order valence-corrected chi connectivity index (χ4v) is 2.77. The molecule has 3 aromatic rings. The first-order chi connectivity index (χ1) is 9.16. The molecule has 0 amide bonds. The van der Waals surface area contributed by atoms with Crippen LogP contribution < -0.4 is 0 Å². The van der Waals surface area contributed by atoms with Gasteiger partial charge in [0.2, 0.25) is 0 Å². The van der Waals surface area contributed by atoms with Crippen molar-refractivity contribution in [1.29, 1.82) is 0 Å². The lowest BCUT2D eigenvalue weighted by Gasteiger charge is -2.11. The zero-order valence-electron chi connectivity index (χ0n) is 10.9. The van der Waals surface area contributed by atoms with Crippen molar-refractivity contribution in [1.82, 2.24) is 4.98 Å². The molecule has 2 aromatic carbocycles. The summed E-state index contributed by atoms with van der Waals surface area (Å²) in [4.78, 5) is 4.22. The number of rotatable bonds is 1. The zero-order chi connectivity index (χ0) is 13.4. The molecular formula is C17H14ClN. The van der Waals surface area contributed by atoms with E-state index in [9.17, 15) is 0 Å². The minimum absolute atomic E-state index is 0.540. The van der Waals surface area contributed by atoms with E-state index in [4.69, 9.17) is 11.6 Å². The summed E-state index contributed by atoms with van der Waals surface area (Å²) < 4.78 is 0. The number of hydrogen-bond donors (Lipinski definition) is 0. The Kier molecular flexibility index (Phi) is 3.00. The van der Waals surface area contributed by atoms with Crippen molar-refractivity contribution in [3.8, 4) is 11.1 Å². The average Bonchev–Trinajstić information content (AvgIpc) is 2.38. The molecule has 1 nitrogen and oxygen atoms in total. The highest BCUT2D eigenvalue weighted by Crippen LogP contribution is 2.32. The molecule has 0 radical (unpaired) electrons. The van der Waals surface area contributed by atoms with E-state index in [1.54, 1.807) is 0 Å². The van der Waals surface area contributed by atoms with Crippen LogP contribution in [0.25, 0.3) is 21.9 Å². The van der Waals surface area contributed by atoms with Gasteiger partial charge < -0.3 is 0 Å². The number of aryl methyl sites for hydroxylation is 2. The number of hydrogen-bond acceptors (Lipinski definition) is 1. The predicted molar refractivity (Wildman–Crippen MR) is 81.7 cm³/mol. The van der Waals surface area contributed by atoms with Crippen LogP contribution >= 0.6 is 11.6 Å². The van der Waals surface area contributed by atoms with Gasteiger partial charge in [0, 0.05) is 11.8 Å². The SMILES string of the molecule is Cc1cc(Cl)ncc1-c1cccc2cccc(C)c12. The number of aromatic nitrogens is 1. The Bertz CT molecular complexity index is 757. The van der Waals surface area contributed by atoms with E-state index in [1.807, 2.05) is 12.3 Å². The molecule has 94 valence electrons. The molecule has 0 fully saturated rings. The summed E-state index contributed by atoms with van der Waals surface area (Å²) >= 11 is 5.94. The maximum Gasteiger partial charge on any atom is 0.129 e. The Morgan fingerprint density at radius 1 is 0.895 bits per heavy atom. The molecule has 0 aliphatic carbocycles. The molecule has 3 rings (SSSR count). The minimum Gasteiger partial charge on any atom is -0.244 e. The highest BCUT2D eigenvalue weighted by molar-refractivity contribution is 6.29. The van der Waals surface area contributed by atoms with Crippen LogP contribution in [0.2, 0.25) is 5.15 Å². The largest absolute Gasteiger partial charge is 0.244 e. The number of benzene rings is 2. The number of pyridine rings is 1. The fraction of sp³-hybridized carbons (Fsp3) is 0.118. The monoisotopic (exact) mass is 267 g/mol. The molecule has 0 saturated carbocycles. The van der Waals surface area contributed by atoms with Crippen molar-refractivity contribution in [2.75, 3.05) is 0 Å². The van der Waals surface area contributed by atoms with Gasteiger partial charge in [-0.1, -0.05) is 48.0 Å². The fourth-order valence-electron chi connectivity index (χ4n) is 2.56. The highest BCUT2D eigenvalue weighted by atomic mass is 35.5. The van der Waals surface area contributed by atoms with Gasteiger partial charge in [0.1, 0.15) is 5.15 Å². The van der Waals surface area contributed by atoms with E-state index in [0.29, 0.717) is 5.15 Å². The molecule has 0 N–H and O–H groups in total. The van der Waals surface area contributed by atoms with Crippen LogP contribution in [0.3, 0.4) is 0 Å². The van der Waals surface area contributed by atoms with Crippen LogP contribution in [-0.4, -0.2) is 4.98 Å². The Balaban J connectivity index is 2.37. The smallest absolute Gasteiger partial charge is 0.129 e. The molecule has 0 bridgehead atoms. The summed E-state index contributed by atoms with van der Waals surface area (Å²) in [6.07, 6.45) is 1.86. The van der Waals surface area contributed by atoms with Gasteiger partial charge in [-0.05, 0) is 47.4 Å². The van der Waals surface area contributed by atoms with Crippen molar-refractivity contribution in [2.24, 2.45) is 0 Å². The predicted octanol–water partition coefficient (Wildman–Crippen LogP) is 5.17. The molecule has 19 heavy (non-hydrogen) atoms. The Morgan fingerprint density at radius 2 is 1.63 bits per heavy atom. The Hall–Kier alpha value is -1.86. The van der Waals surface area contributed by atoms with E-state index in [1.165, 1.54) is 21.9 Å². The molecule has 0 saturated heterocycles. The third kappa shape index (κ3) is 2.11. The lowest BCUT2D eigenvalue weighted by Crippen LogP contribution is -1.89. The molecule has 0 aliphatic rings. The third-order valence-electron chi connectivity index (χ3n) is 3.48. The quantitative estimate of drug-likeness (QED) is 0.554. The second kappa shape index (κ2) is 4.67. The minimum atomic E-state index is 0.540. The molecule has 1 aromatic heterocycles. The van der Waals surface area contributed by atoms with E-state index < -0.39 is 0 Å². The molecule has 0 spiro atoms. The summed E-state index contributed by atoms with van der Waals surface area (Å²) in [6, 6.07) is 14.7. The molecule has 2 heteroatoms. The zero-order valence-corrected chi connectivity index (χ0v) is 11.7. The van der Waals surface area contributed by atoms with Crippen LogP contribution in [0.1, 0.15) is 11.1 Å². The van der Waals surface area contributed by atoms with Gasteiger partial charge in [0.15, 0.2) is 0 Å². The maximum absolute atomic E-state index is 5.94. The normalized spacial score (nSPS) is 10.9. The second-order valence-electron chi connectivity index (χ2n) is 4.80. The van der Waals surface area contributed by atoms with E-state index in [-0.39, 0.29) is 0 Å². The second-order valence-corrected chi connectivity index (χ2v) is 5.19. The van der Waals surface area contributed by atoms with Crippen LogP contribution in [-0.2, 0) is 0 Å². The lowest BCUT2D eigenvalue weighted by atomic mass is 9.94. The van der Waals surface area contributed by atoms with Crippen molar-refractivity contribution in [3.05, 3.63) is 64.9 Å². The average molecular weight is 268 g/mol. The van der Waals surface area contributed by atoms with Gasteiger partial charge in [-0.2, -0.15) is 0 Å². The van der Waals surface area contributed by atoms with Gasteiger partial charge in [-0.3, -0.25) is 0 Å². The first kappa shape index (κ1) is 12.2. The number of nitrogens with zero attached hydrogens (tertiary/aromatic N) is 1. The topological polar surface area (TPSA) is 12.9 Å². The number of fused-ring (bicyclic) bond motifs is 1. The summed E-state index contributed by atoms with van der Waals surface area (Å²) in [5.41, 5.74) is 4.79. The first-order valence-corrected chi connectivity index (χ1v) is 6.65. The van der Waals surface area contributed by atoms with Crippen molar-refractivity contribution in [3.63, 3.8) is 0 Å². The van der Waals surface area contributed by atoms with Crippen molar-refractivity contribution < 1.29 is 0 Å². The molecule has 0 aliphatic heterocycles. The van der Waals surface area contributed by atoms with Crippen LogP contribution in [0.15, 0.2) is 48.7 Å². The summed E-state index contributed by atoms with van der Waals surface area (Å²) in [6.45, 7) is 4.21. The van der Waals surface area contributed by atoms with E-state index in [2.05, 4.69) is 55.2 Å². The lowest BCUT2D eigenvalue weighted by molar-refractivity contribution is 1.29. The van der Waals surface area contributed by atoms with E-state index in [0.717, 1.165) is 11.1 Å². The third-order valence-corrected chi connectivity index (χ3v) is 3.69. The molecule has 1 heterocycles. The van der Waals surface area contributed by atoms with E-state index >= 15 is 0 Å². The van der Waals surface area contributed by atoms with Crippen molar-refractivity contribution >= 4 is 22.4 Å².